The predicted molar refractivity (Wildman–Crippen MR) is 83.5 cm³/mol. The van der Waals surface area contributed by atoms with Crippen molar-refractivity contribution in [3.8, 4) is 17.1 Å². The molecule has 0 fully saturated rings. The number of hydrogen-bond acceptors (Lipinski definition) is 3. The zero-order valence-electron chi connectivity index (χ0n) is 11.6. The fourth-order valence-corrected chi connectivity index (χ4v) is 2.12. The maximum absolute atomic E-state index is 9.91. The number of phenolic OH excluding ortho intramolecular Hbond substituents is 1. The first-order chi connectivity index (χ1) is 10.3. The van der Waals surface area contributed by atoms with Crippen molar-refractivity contribution < 1.29 is 5.11 Å². The quantitative estimate of drug-likeness (QED) is 0.798. The lowest BCUT2D eigenvalue weighted by Gasteiger charge is -2.03. The zero-order chi connectivity index (χ0) is 14.7. The summed E-state index contributed by atoms with van der Waals surface area (Å²) in [5.74, 6) is 1.57. The summed E-state index contributed by atoms with van der Waals surface area (Å²) in [6.45, 7) is 0. The Balaban J connectivity index is 1.93. The van der Waals surface area contributed by atoms with E-state index in [0.717, 1.165) is 11.4 Å². The number of rotatable bonds is 3. The van der Waals surface area contributed by atoms with Crippen LogP contribution in [0.3, 0.4) is 0 Å². The molecule has 4 heteroatoms. The van der Waals surface area contributed by atoms with Crippen molar-refractivity contribution in [2.75, 3.05) is 0 Å². The van der Waals surface area contributed by atoms with E-state index in [9.17, 15) is 5.11 Å². The number of aromatic hydroxyl groups is 1. The minimum absolute atomic E-state index is 0.201. The van der Waals surface area contributed by atoms with Crippen LogP contribution in [0.4, 0.5) is 0 Å². The molecule has 0 aliphatic heterocycles. The zero-order valence-corrected chi connectivity index (χ0v) is 11.6. The number of phenols is 1. The van der Waals surface area contributed by atoms with Crippen LogP contribution in [0.5, 0.6) is 5.75 Å². The summed E-state index contributed by atoms with van der Waals surface area (Å²) >= 11 is 0. The molecule has 1 aromatic heterocycles. The summed E-state index contributed by atoms with van der Waals surface area (Å²) in [7, 11) is 1.88. The third-order valence-corrected chi connectivity index (χ3v) is 3.28. The smallest absolute Gasteiger partial charge is 0.167 e. The molecule has 0 spiro atoms. The minimum atomic E-state index is 0.201. The molecule has 104 valence electrons. The molecule has 0 saturated carbocycles. The number of benzene rings is 2. The monoisotopic (exact) mass is 277 g/mol. The third-order valence-electron chi connectivity index (χ3n) is 3.28. The molecule has 21 heavy (non-hydrogen) atoms. The molecule has 3 aromatic rings. The van der Waals surface area contributed by atoms with E-state index < -0.39 is 0 Å². The first-order valence-corrected chi connectivity index (χ1v) is 6.66. The highest BCUT2D eigenvalue weighted by Crippen LogP contribution is 2.27. The van der Waals surface area contributed by atoms with Crippen LogP contribution >= 0.6 is 0 Å². The van der Waals surface area contributed by atoms with Crippen LogP contribution in [-0.2, 0) is 7.05 Å². The van der Waals surface area contributed by atoms with Gasteiger partial charge in [-0.05, 0) is 23.8 Å². The Morgan fingerprint density at radius 2 is 1.62 bits per heavy atom. The molecule has 0 aliphatic carbocycles. The molecular weight excluding hydrogens is 262 g/mol. The van der Waals surface area contributed by atoms with Crippen molar-refractivity contribution in [2.24, 2.45) is 7.05 Å². The van der Waals surface area contributed by atoms with Crippen molar-refractivity contribution >= 4 is 12.2 Å². The summed E-state index contributed by atoms with van der Waals surface area (Å²) in [6, 6.07) is 17.1. The van der Waals surface area contributed by atoms with Crippen molar-refractivity contribution in [3.05, 3.63) is 66.0 Å². The molecule has 1 N–H and O–H groups in total. The maximum atomic E-state index is 9.91. The maximum Gasteiger partial charge on any atom is 0.167 e. The minimum Gasteiger partial charge on any atom is -0.507 e. The van der Waals surface area contributed by atoms with Crippen molar-refractivity contribution in [3.63, 3.8) is 0 Å². The summed E-state index contributed by atoms with van der Waals surface area (Å²) in [5.41, 5.74) is 1.77. The van der Waals surface area contributed by atoms with E-state index in [-0.39, 0.29) is 5.75 Å². The Morgan fingerprint density at radius 1 is 0.905 bits per heavy atom. The van der Waals surface area contributed by atoms with Crippen LogP contribution in [-0.4, -0.2) is 19.9 Å². The fourth-order valence-electron chi connectivity index (χ4n) is 2.12. The van der Waals surface area contributed by atoms with E-state index in [1.165, 1.54) is 0 Å². The summed E-state index contributed by atoms with van der Waals surface area (Å²) < 4.78 is 1.86. The molecule has 0 unspecified atom stereocenters. The van der Waals surface area contributed by atoms with Crippen molar-refractivity contribution in [2.45, 2.75) is 0 Å². The van der Waals surface area contributed by atoms with Crippen LogP contribution in [0.15, 0.2) is 54.6 Å². The Hall–Kier alpha value is -2.88. The van der Waals surface area contributed by atoms with Crippen LogP contribution in [0.25, 0.3) is 23.5 Å². The predicted octanol–water partition coefficient (Wildman–Crippen LogP) is 3.36. The van der Waals surface area contributed by atoms with Gasteiger partial charge < -0.3 is 9.67 Å². The molecule has 0 aliphatic rings. The van der Waals surface area contributed by atoms with E-state index in [2.05, 4.69) is 10.2 Å². The molecule has 0 atom stereocenters. The second-order valence-electron chi connectivity index (χ2n) is 4.70. The van der Waals surface area contributed by atoms with Crippen LogP contribution in [0.1, 0.15) is 11.4 Å². The Bertz CT molecular complexity index is 776. The van der Waals surface area contributed by atoms with E-state index in [0.29, 0.717) is 11.4 Å². The third kappa shape index (κ3) is 2.69. The molecule has 1 heterocycles. The van der Waals surface area contributed by atoms with Crippen LogP contribution in [0, 0.1) is 0 Å². The largest absolute Gasteiger partial charge is 0.507 e. The highest BCUT2D eigenvalue weighted by atomic mass is 16.3. The lowest BCUT2D eigenvalue weighted by Crippen LogP contribution is -1.95. The standard InChI is InChI=1S/C17H15N3O/c1-20-16(12-11-13-7-3-2-4-8-13)18-19-17(20)14-9-5-6-10-15(14)21/h2-12,21H,1H3/b12-11+. The van der Waals surface area contributed by atoms with E-state index in [4.69, 9.17) is 0 Å². The molecule has 0 amide bonds. The van der Waals surface area contributed by atoms with Crippen molar-refractivity contribution in [1.29, 1.82) is 0 Å². The van der Waals surface area contributed by atoms with Crippen LogP contribution in [0.2, 0.25) is 0 Å². The number of para-hydroxylation sites is 1. The van der Waals surface area contributed by atoms with Crippen molar-refractivity contribution in [1.82, 2.24) is 14.8 Å². The highest BCUT2D eigenvalue weighted by molar-refractivity contribution is 5.69. The van der Waals surface area contributed by atoms with Gasteiger partial charge in [0.05, 0.1) is 5.56 Å². The van der Waals surface area contributed by atoms with Gasteiger partial charge in [0.15, 0.2) is 11.6 Å². The van der Waals surface area contributed by atoms with E-state index in [1.807, 2.05) is 66.2 Å². The lowest BCUT2D eigenvalue weighted by molar-refractivity contribution is 0.476. The molecule has 3 rings (SSSR count). The van der Waals surface area contributed by atoms with Gasteiger partial charge >= 0.3 is 0 Å². The molecule has 4 nitrogen and oxygen atoms in total. The fraction of sp³-hybridized carbons (Fsp3) is 0.0588. The molecule has 0 radical (unpaired) electrons. The first-order valence-electron chi connectivity index (χ1n) is 6.66. The van der Waals surface area contributed by atoms with E-state index in [1.54, 1.807) is 12.1 Å². The Kier molecular flexibility index (Phi) is 3.51. The van der Waals surface area contributed by atoms with Gasteiger partial charge in [0.2, 0.25) is 0 Å². The molecular formula is C17H15N3O. The van der Waals surface area contributed by atoms with Gasteiger partial charge in [-0.25, -0.2) is 0 Å². The number of nitrogens with zero attached hydrogens (tertiary/aromatic N) is 3. The van der Waals surface area contributed by atoms with Gasteiger partial charge in [0.1, 0.15) is 5.75 Å². The molecule has 0 saturated heterocycles. The average Bonchev–Trinajstić information content (AvgIpc) is 2.88. The average molecular weight is 277 g/mol. The number of hydrogen-bond donors (Lipinski definition) is 1. The summed E-state index contributed by atoms with van der Waals surface area (Å²) in [5, 5.41) is 18.2. The Morgan fingerprint density at radius 3 is 2.38 bits per heavy atom. The van der Waals surface area contributed by atoms with Gasteiger partial charge in [-0.3, -0.25) is 0 Å². The van der Waals surface area contributed by atoms with Gasteiger partial charge in [0, 0.05) is 7.05 Å². The highest BCUT2D eigenvalue weighted by Gasteiger charge is 2.11. The topological polar surface area (TPSA) is 50.9 Å². The first kappa shape index (κ1) is 13.1. The van der Waals surface area contributed by atoms with Crippen LogP contribution < -0.4 is 0 Å². The normalized spacial score (nSPS) is 11.1. The Labute approximate surface area is 123 Å². The summed E-state index contributed by atoms with van der Waals surface area (Å²) in [6.07, 6.45) is 3.89. The second-order valence-corrected chi connectivity index (χ2v) is 4.70. The van der Waals surface area contributed by atoms with Gasteiger partial charge in [-0.1, -0.05) is 48.5 Å². The molecule has 0 bridgehead atoms. The van der Waals surface area contributed by atoms with Gasteiger partial charge in [0.25, 0.3) is 0 Å². The summed E-state index contributed by atoms with van der Waals surface area (Å²) in [4.78, 5) is 0. The second kappa shape index (κ2) is 5.63. The van der Waals surface area contributed by atoms with Gasteiger partial charge in [-0.15, -0.1) is 10.2 Å². The SMILES string of the molecule is Cn1c(/C=C/c2ccccc2)nnc1-c1ccccc1O. The van der Waals surface area contributed by atoms with Gasteiger partial charge in [-0.2, -0.15) is 0 Å². The van der Waals surface area contributed by atoms with E-state index >= 15 is 0 Å². The number of aromatic nitrogens is 3. The molecule has 2 aromatic carbocycles. The lowest BCUT2D eigenvalue weighted by atomic mass is 10.2.